The van der Waals surface area contributed by atoms with Crippen LogP contribution >= 0.6 is 36.4 Å². The fourth-order valence-electron chi connectivity index (χ4n) is 12.2. The van der Waals surface area contributed by atoms with E-state index in [9.17, 15) is 24.0 Å². The molecule has 6 aliphatic rings. The monoisotopic (exact) mass is 1490 g/mol. The number of halogens is 2. The Balaban J connectivity index is 0.000000582. The molecule has 0 bridgehead atoms. The Labute approximate surface area is 600 Å². The second-order valence-electron chi connectivity index (χ2n) is 24.8. The van der Waals surface area contributed by atoms with Crippen LogP contribution in [-0.2, 0) is 24.0 Å². The van der Waals surface area contributed by atoms with Crippen LogP contribution in [0.25, 0.3) is 0 Å². The number of nitriles is 3. The van der Waals surface area contributed by atoms with Gasteiger partial charge in [-0.25, -0.2) is 9.59 Å². The summed E-state index contributed by atoms with van der Waals surface area (Å²) in [5.41, 5.74) is 27.0. The van der Waals surface area contributed by atoms with Crippen LogP contribution in [0.15, 0.2) is 133 Å². The van der Waals surface area contributed by atoms with E-state index >= 15 is 0 Å². The van der Waals surface area contributed by atoms with E-state index in [1.165, 1.54) is 22.3 Å². The van der Waals surface area contributed by atoms with Gasteiger partial charge >= 0.3 is 17.9 Å². The van der Waals surface area contributed by atoms with Gasteiger partial charge in [0.25, 0.3) is 0 Å². The largest absolute Gasteiger partial charge is 0.497 e. The molecule has 0 spiro atoms. The number of carboxylic acid groups (broad SMARTS) is 3. The topological polar surface area (TPSA) is 408 Å². The van der Waals surface area contributed by atoms with E-state index in [-0.39, 0.29) is 56.9 Å². The number of ether oxygens (including phenoxy) is 5. The van der Waals surface area contributed by atoms with Crippen LogP contribution in [0.1, 0.15) is 175 Å². The summed E-state index contributed by atoms with van der Waals surface area (Å²) in [5.74, 6) is 2.42. The van der Waals surface area contributed by atoms with Crippen molar-refractivity contribution in [3.05, 3.63) is 161 Å². The molecule has 0 heterocycles. The van der Waals surface area contributed by atoms with Crippen LogP contribution in [0.4, 0.5) is 0 Å². The van der Waals surface area contributed by atoms with Crippen LogP contribution in [0.5, 0.6) is 28.7 Å². The molecule has 5 saturated carbocycles. The minimum absolute atomic E-state index is 0. The third-order valence-corrected chi connectivity index (χ3v) is 18.1. The Hall–Kier alpha value is -8.16. The van der Waals surface area contributed by atoms with E-state index in [4.69, 9.17) is 87.9 Å². The molecule has 0 unspecified atom stereocenters. The number of carbonyl (C=O) groups excluding carboxylic acids is 2. The van der Waals surface area contributed by atoms with Crippen molar-refractivity contribution in [2.45, 2.75) is 181 Å². The summed E-state index contributed by atoms with van der Waals surface area (Å²) in [5, 5.41) is 68.5. The zero-order chi connectivity index (χ0) is 69.9. The molecule has 11 atom stereocenters. The maximum absolute atomic E-state index is 11.1. The molecule has 5 aromatic carbocycles. The number of hydrogen-bond donors (Lipinski definition) is 9. The average Bonchev–Trinajstić information content (AvgIpc) is 1.70. The maximum atomic E-state index is 11.1. The Morgan fingerprint density at radius 1 is 0.469 bits per heavy atom. The van der Waals surface area contributed by atoms with Crippen molar-refractivity contribution in [3.63, 3.8) is 0 Å². The van der Waals surface area contributed by atoms with Gasteiger partial charge in [-0.3, -0.25) is 14.4 Å². The van der Waals surface area contributed by atoms with Crippen LogP contribution < -0.4 is 46.6 Å². The number of methoxy groups -OCH3 is 5. The number of aliphatic hydroxyl groups is 2. The Kier molecular flexibility index (Phi) is 36.2. The smallest absolute Gasteiger partial charge is 0.335 e. The van der Waals surface area contributed by atoms with E-state index in [0.29, 0.717) is 48.7 Å². The predicted molar refractivity (Wildman–Crippen MR) is 387 cm³/mol. The van der Waals surface area contributed by atoms with Gasteiger partial charge in [0.05, 0.1) is 53.8 Å². The van der Waals surface area contributed by atoms with Gasteiger partial charge in [0.15, 0.2) is 18.0 Å². The molecule has 0 aliphatic heterocycles. The molecule has 5 aromatic rings. The fourth-order valence-corrected chi connectivity index (χ4v) is 12.2. The summed E-state index contributed by atoms with van der Waals surface area (Å²) in [6.07, 6.45) is 12.7. The zero-order valence-electron chi connectivity index (χ0n) is 55.6. The summed E-state index contributed by atoms with van der Waals surface area (Å²) in [6, 6.07) is 46.5. The van der Waals surface area contributed by atoms with Gasteiger partial charge in [-0.05, 0) is 214 Å². The Bertz CT molecular complexity index is 3270. The highest BCUT2D eigenvalue weighted by Gasteiger charge is 2.43. The highest BCUT2D eigenvalue weighted by atomic mass is 127. The number of allylic oxidation sites excluding steroid dienone is 2. The lowest BCUT2D eigenvalue weighted by Crippen LogP contribution is -2.45. The first-order chi connectivity index (χ1) is 45.2. The number of rotatable bonds is 14. The molecule has 0 aromatic heterocycles. The number of nitrogens with zero attached hydrogens (tertiary/aromatic N) is 3. The Morgan fingerprint density at radius 2 is 0.745 bits per heavy atom. The number of carbonyl (C=O) groups is 5. The number of carboxylic acids is 3. The first-order valence-corrected chi connectivity index (χ1v) is 31.6. The lowest BCUT2D eigenvalue weighted by Gasteiger charge is -2.18. The van der Waals surface area contributed by atoms with Crippen LogP contribution in [0, 0.1) is 34.0 Å². The van der Waals surface area contributed by atoms with Crippen molar-refractivity contribution in [1.29, 1.82) is 15.8 Å². The maximum Gasteiger partial charge on any atom is 0.335 e. The second kappa shape index (κ2) is 41.3. The quantitative estimate of drug-likeness (QED) is 0.0466. The summed E-state index contributed by atoms with van der Waals surface area (Å²) >= 11 is 0. The molecule has 6 aliphatic carbocycles. The molecule has 534 valence electrons. The number of hydrogen-bond acceptors (Lipinski definition) is 19. The summed E-state index contributed by atoms with van der Waals surface area (Å²) in [6.45, 7) is 0. The molecule has 11 rings (SSSR count). The molecule has 0 radical (unpaired) electrons. The van der Waals surface area contributed by atoms with Crippen molar-refractivity contribution in [1.82, 2.24) is 0 Å². The third-order valence-electron chi connectivity index (χ3n) is 18.1. The van der Waals surface area contributed by atoms with E-state index in [1.54, 1.807) is 41.6 Å². The normalized spacial score (nSPS) is 24.8. The zero-order valence-corrected chi connectivity index (χ0v) is 58.7. The number of nitrogens with two attached hydrogens (primary N) is 4. The molecule has 98 heavy (non-hydrogen) atoms. The molecule has 22 nitrogen and oxygen atoms in total. The summed E-state index contributed by atoms with van der Waals surface area (Å²) in [4.78, 5) is 51.9. The van der Waals surface area contributed by atoms with Gasteiger partial charge in [0.1, 0.15) is 56.7 Å². The molecule has 13 N–H and O–H groups in total. The summed E-state index contributed by atoms with van der Waals surface area (Å²) < 4.78 is 25.5. The van der Waals surface area contributed by atoms with Crippen molar-refractivity contribution in [2.75, 3.05) is 35.5 Å². The van der Waals surface area contributed by atoms with Gasteiger partial charge in [-0.2, -0.15) is 15.8 Å². The van der Waals surface area contributed by atoms with Gasteiger partial charge in [-0.15, -0.1) is 36.4 Å². The number of benzene rings is 5. The van der Waals surface area contributed by atoms with Crippen LogP contribution in [0.2, 0.25) is 0 Å². The van der Waals surface area contributed by atoms with Crippen molar-refractivity contribution < 1.29 is 74.6 Å². The van der Waals surface area contributed by atoms with Crippen molar-refractivity contribution >= 4 is 65.9 Å². The highest BCUT2D eigenvalue weighted by molar-refractivity contribution is 14.0. The van der Waals surface area contributed by atoms with Gasteiger partial charge in [0.2, 0.25) is 0 Å². The van der Waals surface area contributed by atoms with Gasteiger partial charge in [0, 0.05) is 20.7 Å². The number of Topliss-reactive ketones (excluding diaryl/α,β-unsaturated/α-hetero) is 1. The molecule has 0 saturated heterocycles. The number of ketones is 2. The molecular weight excluding hydrogens is 1390 g/mol. The lowest BCUT2D eigenvalue weighted by atomic mass is 9.93. The van der Waals surface area contributed by atoms with Gasteiger partial charge < -0.3 is 72.2 Å². The number of aliphatic hydroxyl groups excluding tert-OH is 2. The average molecular weight is 1490 g/mol. The third kappa shape index (κ3) is 26.3. The van der Waals surface area contributed by atoms with Crippen molar-refractivity contribution in [2.24, 2.45) is 22.9 Å². The number of aliphatic carboxylic acids is 3. The summed E-state index contributed by atoms with van der Waals surface area (Å²) in [7, 11) is 8.26. The van der Waals surface area contributed by atoms with Gasteiger partial charge in [-0.1, -0.05) is 74.2 Å². The van der Waals surface area contributed by atoms with E-state index < -0.39 is 52.3 Å². The standard InChI is InChI=1S/3C13H16N2O.C13H17NO3.C12H14O2.C5H6O.C4H6O6.CH4.ClH.HI.H2/c3*1-16-12-4-2-10(3-5-12)11-6-7-13(15,8-11)9-14;1-17-11-4-2-9(3-5-11)10-6-7-13(14,8-10)12(15)16;1-14-12-6-3-9(4-7-12)10-2-5-11(13)8-10;6-5-3-1-2-4-5;5-1(3(7)8)2(6)4(9)10;;;;/h3*2-5,11H,6-8,15H2,1H3;2-5,10H,6-8,14H2,1H3,(H,15,16);3-4,6-7,10H,2,5,8H2,1H3;1,3H,2,4H2;1-2,5-6H,(H,7,8)(H,9,10);1H4;3*1H/t11-,13+;2*11-,13-;10-,13-;10-;;1-,2-;;;;/m11111.1..../s1. The minimum Gasteiger partial charge on any atom is -0.497 e. The predicted octanol–water partition coefficient (Wildman–Crippen LogP) is 11.5. The molecule has 0 amide bonds. The van der Waals surface area contributed by atoms with E-state index in [1.807, 2.05) is 78.9 Å². The molecule has 5 fully saturated rings. The first-order valence-electron chi connectivity index (χ1n) is 31.6. The minimum atomic E-state index is -2.27. The SMILES string of the molecule is C.COc1ccc([C@@H]2CCC(=O)C2)cc1.COc1ccc([C@@H]2CC[C@@](N)(C#N)C2)cc1.COc1ccc([C@@H]2CC[C@](N)(C#N)C2)cc1.COc1ccc([C@@H]2CC[C@](N)(C#N)C2)cc1.COc1ccc([C@@H]2CC[C@](N)(C(=O)O)C2)cc1.Cl.I.O=C(O)[C@H](O)[C@@H](O)C(=O)O.O=C1C=CCC1.[HH]. The van der Waals surface area contributed by atoms with E-state index in [2.05, 4.69) is 66.7 Å². The lowest BCUT2D eigenvalue weighted by molar-refractivity contribution is -0.165. The molecule has 24 heteroatoms. The van der Waals surface area contributed by atoms with Crippen molar-refractivity contribution in [3.8, 4) is 47.0 Å². The Morgan fingerprint density at radius 3 is 0.929 bits per heavy atom. The fraction of sp³-hybridized carbons (Fsp3) is 0.459. The van der Waals surface area contributed by atoms with Crippen LogP contribution in [-0.4, -0.2) is 125 Å². The molecular formula is C74H99ClIN7O15. The first kappa shape index (κ1) is 85.9. The second-order valence-corrected chi connectivity index (χ2v) is 24.8. The highest BCUT2D eigenvalue weighted by Crippen LogP contribution is 2.43. The van der Waals surface area contributed by atoms with E-state index in [0.717, 1.165) is 124 Å². The van der Waals surface area contributed by atoms with Crippen LogP contribution in [0.3, 0.4) is 0 Å².